The lowest BCUT2D eigenvalue weighted by molar-refractivity contribution is -0.384. The summed E-state index contributed by atoms with van der Waals surface area (Å²) in [6.07, 6.45) is 5.24. The van der Waals surface area contributed by atoms with E-state index >= 15 is 0 Å². The standard InChI is InChI=1S/C15H20N2O3/c1-3-5-12-16(4-2)15(18)11-8-13-6-9-14(10-7-13)17(19)20/h6-11H,3-5,12H2,1-2H3. The molecular formula is C15H20N2O3. The van der Waals surface area contributed by atoms with Crippen LogP contribution in [0, 0.1) is 10.1 Å². The topological polar surface area (TPSA) is 63.5 Å². The maximum atomic E-state index is 12.0. The predicted molar refractivity (Wildman–Crippen MR) is 79.3 cm³/mol. The number of non-ortho nitro benzene ring substituents is 1. The number of nitro groups is 1. The Morgan fingerprint density at radius 1 is 1.30 bits per heavy atom. The summed E-state index contributed by atoms with van der Waals surface area (Å²) in [4.78, 5) is 23.8. The van der Waals surface area contributed by atoms with Crippen LogP contribution in [0.15, 0.2) is 30.3 Å². The van der Waals surface area contributed by atoms with Crippen molar-refractivity contribution in [1.82, 2.24) is 4.90 Å². The smallest absolute Gasteiger partial charge is 0.269 e. The molecule has 0 aromatic heterocycles. The molecule has 5 heteroatoms. The number of nitrogens with zero attached hydrogens (tertiary/aromatic N) is 2. The van der Waals surface area contributed by atoms with Gasteiger partial charge < -0.3 is 4.90 Å². The van der Waals surface area contributed by atoms with Gasteiger partial charge in [0.2, 0.25) is 5.91 Å². The zero-order valence-electron chi connectivity index (χ0n) is 11.9. The molecule has 0 N–H and O–H groups in total. The number of rotatable bonds is 7. The first-order valence-electron chi connectivity index (χ1n) is 6.80. The largest absolute Gasteiger partial charge is 0.339 e. The minimum Gasteiger partial charge on any atom is -0.339 e. The van der Waals surface area contributed by atoms with Crippen LogP contribution < -0.4 is 0 Å². The Kier molecular flexibility index (Phi) is 6.43. The number of likely N-dealkylation sites (N-methyl/N-ethyl adjacent to an activating group) is 1. The number of amides is 1. The van der Waals surface area contributed by atoms with Crippen LogP contribution in [0.5, 0.6) is 0 Å². The summed E-state index contributed by atoms with van der Waals surface area (Å²) < 4.78 is 0. The van der Waals surface area contributed by atoms with E-state index in [1.54, 1.807) is 23.1 Å². The molecule has 108 valence electrons. The lowest BCUT2D eigenvalue weighted by atomic mass is 10.2. The summed E-state index contributed by atoms with van der Waals surface area (Å²) in [5.41, 5.74) is 0.821. The normalized spacial score (nSPS) is 10.7. The monoisotopic (exact) mass is 276 g/mol. The molecule has 0 saturated heterocycles. The molecule has 0 aliphatic rings. The minimum atomic E-state index is -0.442. The number of carbonyl (C=O) groups excluding carboxylic acids is 1. The number of hydrogen-bond acceptors (Lipinski definition) is 3. The van der Waals surface area contributed by atoms with Crippen LogP contribution in [-0.2, 0) is 4.79 Å². The Bertz CT molecular complexity index is 480. The van der Waals surface area contributed by atoms with Gasteiger partial charge in [-0.15, -0.1) is 0 Å². The summed E-state index contributed by atoms with van der Waals surface area (Å²) in [6, 6.07) is 6.12. The molecule has 1 rings (SSSR count). The van der Waals surface area contributed by atoms with Crippen molar-refractivity contribution in [2.75, 3.05) is 13.1 Å². The van der Waals surface area contributed by atoms with Gasteiger partial charge in [-0.2, -0.15) is 0 Å². The van der Waals surface area contributed by atoms with E-state index in [9.17, 15) is 14.9 Å². The highest BCUT2D eigenvalue weighted by Gasteiger charge is 2.07. The van der Waals surface area contributed by atoms with Crippen molar-refractivity contribution in [3.63, 3.8) is 0 Å². The average molecular weight is 276 g/mol. The predicted octanol–water partition coefficient (Wildman–Crippen LogP) is 3.26. The maximum absolute atomic E-state index is 12.0. The highest BCUT2D eigenvalue weighted by molar-refractivity contribution is 5.91. The summed E-state index contributed by atoms with van der Waals surface area (Å²) in [5, 5.41) is 10.5. The SMILES string of the molecule is CCCCN(CC)C(=O)C=Cc1ccc([N+](=O)[O-])cc1. The molecule has 0 heterocycles. The van der Waals surface area contributed by atoms with Crippen molar-refractivity contribution < 1.29 is 9.72 Å². The van der Waals surface area contributed by atoms with Crippen LogP contribution in [-0.4, -0.2) is 28.8 Å². The number of carbonyl (C=O) groups is 1. The Morgan fingerprint density at radius 3 is 2.45 bits per heavy atom. The summed E-state index contributed by atoms with van der Waals surface area (Å²) >= 11 is 0. The lowest BCUT2D eigenvalue weighted by Gasteiger charge is -2.18. The third-order valence-corrected chi connectivity index (χ3v) is 3.00. The number of benzene rings is 1. The van der Waals surface area contributed by atoms with E-state index in [1.807, 2.05) is 6.92 Å². The summed E-state index contributed by atoms with van der Waals surface area (Å²) in [5.74, 6) is -0.0284. The van der Waals surface area contributed by atoms with Crippen molar-refractivity contribution in [2.24, 2.45) is 0 Å². The minimum absolute atomic E-state index is 0.0284. The number of unbranched alkanes of at least 4 members (excludes halogenated alkanes) is 1. The van der Waals surface area contributed by atoms with Gasteiger partial charge in [-0.25, -0.2) is 0 Å². The van der Waals surface area contributed by atoms with Crippen molar-refractivity contribution >= 4 is 17.7 Å². The molecule has 1 aromatic carbocycles. The van der Waals surface area contributed by atoms with Crippen LogP contribution in [0.1, 0.15) is 32.3 Å². The number of nitro benzene ring substituents is 1. The highest BCUT2D eigenvalue weighted by atomic mass is 16.6. The van der Waals surface area contributed by atoms with Gasteiger partial charge in [0.25, 0.3) is 5.69 Å². The van der Waals surface area contributed by atoms with Crippen molar-refractivity contribution in [3.05, 3.63) is 46.0 Å². The molecule has 1 amide bonds. The Labute approximate surface area is 119 Å². The first-order chi connectivity index (χ1) is 9.58. The van der Waals surface area contributed by atoms with Gasteiger partial charge in [-0.1, -0.05) is 13.3 Å². The van der Waals surface area contributed by atoms with Gasteiger partial charge in [-0.05, 0) is 37.1 Å². The van der Waals surface area contributed by atoms with E-state index < -0.39 is 4.92 Å². The molecular weight excluding hydrogens is 256 g/mol. The Morgan fingerprint density at radius 2 is 1.95 bits per heavy atom. The molecule has 0 bridgehead atoms. The molecule has 20 heavy (non-hydrogen) atoms. The van der Waals surface area contributed by atoms with Gasteiger partial charge in [0, 0.05) is 31.3 Å². The molecule has 0 aliphatic heterocycles. The fraction of sp³-hybridized carbons (Fsp3) is 0.400. The molecule has 0 aliphatic carbocycles. The van der Waals surface area contributed by atoms with Crippen molar-refractivity contribution in [3.8, 4) is 0 Å². The van der Waals surface area contributed by atoms with Crippen molar-refractivity contribution in [1.29, 1.82) is 0 Å². The third kappa shape index (κ3) is 4.84. The van der Waals surface area contributed by atoms with E-state index in [0.717, 1.165) is 24.9 Å². The van der Waals surface area contributed by atoms with Crippen LogP contribution in [0.2, 0.25) is 0 Å². The molecule has 1 aromatic rings. The van der Waals surface area contributed by atoms with Crippen LogP contribution in [0.25, 0.3) is 6.08 Å². The molecule has 0 unspecified atom stereocenters. The van der Waals surface area contributed by atoms with Gasteiger partial charge in [-0.3, -0.25) is 14.9 Å². The van der Waals surface area contributed by atoms with E-state index in [-0.39, 0.29) is 11.6 Å². The van der Waals surface area contributed by atoms with Crippen LogP contribution >= 0.6 is 0 Å². The van der Waals surface area contributed by atoms with Gasteiger partial charge in [0.15, 0.2) is 0 Å². The van der Waals surface area contributed by atoms with Gasteiger partial charge in [0.1, 0.15) is 0 Å². The fourth-order valence-corrected chi connectivity index (χ4v) is 1.75. The number of hydrogen-bond donors (Lipinski definition) is 0. The Hall–Kier alpha value is -2.17. The molecule has 0 atom stereocenters. The van der Waals surface area contributed by atoms with Crippen molar-refractivity contribution in [2.45, 2.75) is 26.7 Å². The molecule has 0 fully saturated rings. The fourth-order valence-electron chi connectivity index (χ4n) is 1.75. The van der Waals surface area contributed by atoms with Gasteiger partial charge in [0.05, 0.1) is 4.92 Å². The van der Waals surface area contributed by atoms with Crippen LogP contribution in [0.4, 0.5) is 5.69 Å². The average Bonchev–Trinajstić information content (AvgIpc) is 2.46. The zero-order chi connectivity index (χ0) is 15.0. The molecule has 0 saturated carbocycles. The van der Waals surface area contributed by atoms with E-state index in [4.69, 9.17) is 0 Å². The maximum Gasteiger partial charge on any atom is 0.269 e. The van der Waals surface area contributed by atoms with E-state index in [0.29, 0.717) is 6.54 Å². The quantitative estimate of drug-likeness (QED) is 0.436. The Balaban J connectivity index is 2.66. The first kappa shape index (κ1) is 15.9. The van der Waals surface area contributed by atoms with Gasteiger partial charge >= 0.3 is 0 Å². The summed E-state index contributed by atoms with van der Waals surface area (Å²) in [7, 11) is 0. The molecule has 0 spiro atoms. The second-order valence-corrected chi connectivity index (χ2v) is 4.45. The van der Waals surface area contributed by atoms with E-state index in [2.05, 4.69) is 6.92 Å². The highest BCUT2D eigenvalue weighted by Crippen LogP contribution is 2.13. The third-order valence-electron chi connectivity index (χ3n) is 3.00. The molecule has 0 radical (unpaired) electrons. The molecule has 5 nitrogen and oxygen atoms in total. The second kappa shape index (κ2) is 8.09. The van der Waals surface area contributed by atoms with E-state index in [1.165, 1.54) is 18.2 Å². The summed E-state index contributed by atoms with van der Waals surface area (Å²) in [6.45, 7) is 5.48. The zero-order valence-corrected chi connectivity index (χ0v) is 11.9. The van der Waals surface area contributed by atoms with Crippen LogP contribution in [0.3, 0.4) is 0 Å². The second-order valence-electron chi connectivity index (χ2n) is 4.45. The lowest BCUT2D eigenvalue weighted by Crippen LogP contribution is -2.30. The first-order valence-corrected chi connectivity index (χ1v) is 6.80.